The summed E-state index contributed by atoms with van der Waals surface area (Å²) in [4.78, 5) is 54.6. The van der Waals surface area contributed by atoms with Gasteiger partial charge in [-0.15, -0.1) is 0 Å². The van der Waals surface area contributed by atoms with Gasteiger partial charge < -0.3 is 25.2 Å². The van der Waals surface area contributed by atoms with Crippen LogP contribution < -0.4 is 25.2 Å². The third-order valence-electron chi connectivity index (χ3n) is 7.66. The van der Waals surface area contributed by atoms with Gasteiger partial charge in [0.2, 0.25) is 12.3 Å². The Morgan fingerprint density at radius 1 is 0.933 bits per heavy atom. The van der Waals surface area contributed by atoms with Gasteiger partial charge in [0.05, 0.1) is 31.1 Å². The maximum atomic E-state index is 14.2. The quantitative estimate of drug-likeness (QED) is 0.139. The highest BCUT2D eigenvalue weighted by Crippen LogP contribution is 2.35. The van der Waals surface area contributed by atoms with Gasteiger partial charge in [-0.2, -0.15) is 0 Å². The number of ketones is 1. The molecule has 0 spiro atoms. The number of anilines is 2. The highest BCUT2D eigenvalue weighted by molar-refractivity contribution is 9.10. The number of carbonyl (C=O) groups excluding carboxylic acids is 4. The van der Waals surface area contributed by atoms with E-state index in [1.165, 1.54) is 6.92 Å². The van der Waals surface area contributed by atoms with Crippen molar-refractivity contribution in [2.45, 2.75) is 39.4 Å². The number of likely N-dealkylation sites (N-methyl/N-ethyl adjacent to an activating group) is 1. The van der Waals surface area contributed by atoms with Gasteiger partial charge in [0.15, 0.2) is 5.78 Å². The van der Waals surface area contributed by atoms with E-state index in [1.807, 2.05) is 37.3 Å². The van der Waals surface area contributed by atoms with Crippen LogP contribution in [0.15, 0.2) is 83.3 Å². The van der Waals surface area contributed by atoms with Crippen molar-refractivity contribution in [1.82, 2.24) is 10.6 Å². The first-order valence-corrected chi connectivity index (χ1v) is 15.3. The van der Waals surface area contributed by atoms with Crippen LogP contribution in [0.25, 0.3) is 10.8 Å². The van der Waals surface area contributed by atoms with Gasteiger partial charge in [-0.05, 0) is 81.1 Å². The Morgan fingerprint density at radius 3 is 2.22 bits per heavy atom. The van der Waals surface area contributed by atoms with Crippen molar-refractivity contribution < 1.29 is 23.9 Å². The van der Waals surface area contributed by atoms with Gasteiger partial charge >= 0.3 is 0 Å². The predicted octanol–water partition coefficient (Wildman–Crippen LogP) is 5.74. The molecule has 0 heterocycles. The summed E-state index contributed by atoms with van der Waals surface area (Å²) in [5, 5.41) is 7.78. The fourth-order valence-corrected chi connectivity index (χ4v) is 5.48. The maximum absolute atomic E-state index is 14.2. The van der Waals surface area contributed by atoms with Gasteiger partial charge in [0, 0.05) is 33.7 Å². The summed E-state index contributed by atoms with van der Waals surface area (Å²) >= 11 is 3.53. The van der Waals surface area contributed by atoms with Crippen LogP contribution >= 0.6 is 15.9 Å². The van der Waals surface area contributed by atoms with E-state index in [0.29, 0.717) is 28.3 Å². The molecule has 0 fully saturated rings. The van der Waals surface area contributed by atoms with Crippen LogP contribution in [-0.2, 0) is 16.1 Å². The Bertz CT molecular complexity index is 1710. The zero-order valence-electron chi connectivity index (χ0n) is 26.0. The fourth-order valence-electron chi connectivity index (χ4n) is 5.10. The topological polar surface area (TPSA) is 108 Å². The first-order chi connectivity index (χ1) is 21.6. The molecule has 0 saturated carbocycles. The standard InChI is InChI=1S/C35H37BrN4O5/c1-22(38-34(43)23(2)37-4)19-40(35(44)26-12-10-25(11-13-26)24(3)42)32-9-7-6-8-31(32)39(21-41)20-30-29-16-15-28(36)18-27(29)14-17-33(30)45-5/h6-18,21-23,37H,19-20H2,1-5H3,(H,38,43). The Balaban J connectivity index is 1.78. The van der Waals surface area contributed by atoms with E-state index in [9.17, 15) is 19.2 Å². The maximum Gasteiger partial charge on any atom is 0.258 e. The molecule has 0 aromatic heterocycles. The van der Waals surface area contributed by atoms with E-state index >= 15 is 0 Å². The highest BCUT2D eigenvalue weighted by Gasteiger charge is 2.26. The number of nitrogens with zero attached hydrogens (tertiary/aromatic N) is 2. The van der Waals surface area contributed by atoms with Crippen molar-refractivity contribution in [3.05, 3.63) is 100 Å². The molecule has 4 aromatic rings. The molecule has 0 saturated heterocycles. The number of para-hydroxylation sites is 2. The number of carbonyl (C=O) groups is 4. The average Bonchev–Trinajstić information content (AvgIpc) is 3.05. The number of Topliss-reactive ketones (excluding diaryl/α,β-unsaturated/α-hetero) is 1. The second-order valence-electron chi connectivity index (χ2n) is 10.8. The van der Waals surface area contributed by atoms with E-state index in [1.54, 1.807) is 79.4 Å². The van der Waals surface area contributed by atoms with Crippen molar-refractivity contribution >= 4 is 62.1 Å². The Hall–Kier alpha value is -4.54. The lowest BCUT2D eigenvalue weighted by molar-refractivity contribution is -0.123. The van der Waals surface area contributed by atoms with Crippen molar-refractivity contribution in [2.24, 2.45) is 0 Å². The van der Waals surface area contributed by atoms with E-state index in [-0.39, 0.29) is 30.7 Å². The SMILES string of the molecule is CNC(C)C(=O)NC(C)CN(C(=O)c1ccc(C(C)=O)cc1)c1ccccc1N(C=O)Cc1c(OC)ccc2cc(Br)ccc12. The zero-order chi connectivity index (χ0) is 32.7. The Labute approximate surface area is 271 Å². The van der Waals surface area contributed by atoms with Gasteiger partial charge in [-0.3, -0.25) is 19.2 Å². The number of rotatable bonds is 13. The lowest BCUT2D eigenvalue weighted by Crippen LogP contribution is -2.49. The molecular formula is C35H37BrN4O5. The summed E-state index contributed by atoms with van der Waals surface area (Å²) in [6, 6.07) is 22.5. The Kier molecular flexibility index (Phi) is 11.1. The molecule has 4 rings (SSSR count). The fraction of sp³-hybridized carbons (Fsp3) is 0.257. The van der Waals surface area contributed by atoms with Crippen molar-refractivity contribution in [2.75, 3.05) is 30.5 Å². The third-order valence-corrected chi connectivity index (χ3v) is 8.16. The van der Waals surface area contributed by atoms with Gasteiger partial charge in [0.25, 0.3) is 5.91 Å². The summed E-state index contributed by atoms with van der Waals surface area (Å²) in [5.41, 5.74) is 2.64. The number of halogens is 1. The molecule has 0 bridgehead atoms. The van der Waals surface area contributed by atoms with Crippen LogP contribution in [0, 0.1) is 0 Å². The van der Waals surface area contributed by atoms with E-state index in [2.05, 4.69) is 26.6 Å². The number of methoxy groups -OCH3 is 1. The molecule has 2 unspecified atom stereocenters. The minimum atomic E-state index is -0.442. The molecular weight excluding hydrogens is 636 g/mol. The van der Waals surface area contributed by atoms with Crippen LogP contribution in [0.1, 0.15) is 47.1 Å². The average molecular weight is 674 g/mol. The van der Waals surface area contributed by atoms with E-state index < -0.39 is 12.1 Å². The number of hydrogen-bond acceptors (Lipinski definition) is 6. The first-order valence-electron chi connectivity index (χ1n) is 14.5. The first kappa shape index (κ1) is 33.4. The monoisotopic (exact) mass is 672 g/mol. The number of amides is 3. The molecule has 0 aliphatic carbocycles. The van der Waals surface area contributed by atoms with Crippen LogP contribution in [0.2, 0.25) is 0 Å². The molecule has 10 heteroatoms. The number of hydrogen-bond donors (Lipinski definition) is 2. The Morgan fingerprint density at radius 2 is 1.60 bits per heavy atom. The number of fused-ring (bicyclic) bond motifs is 1. The minimum Gasteiger partial charge on any atom is -0.496 e. The smallest absolute Gasteiger partial charge is 0.258 e. The summed E-state index contributed by atoms with van der Waals surface area (Å²) < 4.78 is 6.63. The van der Waals surface area contributed by atoms with Gasteiger partial charge in [0.1, 0.15) is 5.75 Å². The summed E-state index contributed by atoms with van der Waals surface area (Å²) in [5.74, 6) is -0.0360. The number of ether oxygens (including phenoxy) is 1. The molecule has 9 nitrogen and oxygen atoms in total. The largest absolute Gasteiger partial charge is 0.496 e. The molecule has 3 amide bonds. The molecule has 0 radical (unpaired) electrons. The molecule has 0 aliphatic rings. The molecule has 2 N–H and O–H groups in total. The van der Waals surface area contributed by atoms with Crippen LogP contribution in [0.5, 0.6) is 5.75 Å². The third kappa shape index (κ3) is 7.76. The summed E-state index contributed by atoms with van der Waals surface area (Å²) in [7, 11) is 3.29. The second-order valence-corrected chi connectivity index (χ2v) is 11.7. The normalized spacial score (nSPS) is 12.2. The molecule has 45 heavy (non-hydrogen) atoms. The van der Waals surface area contributed by atoms with Gasteiger partial charge in [-0.1, -0.05) is 52.3 Å². The summed E-state index contributed by atoms with van der Waals surface area (Å²) in [6.45, 7) is 5.32. The number of nitrogens with one attached hydrogen (secondary N) is 2. The summed E-state index contributed by atoms with van der Waals surface area (Å²) in [6.07, 6.45) is 0.736. The number of benzene rings is 4. The minimum absolute atomic E-state index is 0.107. The van der Waals surface area contributed by atoms with Crippen LogP contribution in [-0.4, -0.2) is 56.8 Å². The highest BCUT2D eigenvalue weighted by atomic mass is 79.9. The zero-order valence-corrected chi connectivity index (χ0v) is 27.6. The van der Waals surface area contributed by atoms with Crippen LogP contribution in [0.3, 0.4) is 0 Å². The lowest BCUT2D eigenvalue weighted by atomic mass is 10.0. The molecule has 234 valence electrons. The molecule has 2 atom stereocenters. The van der Waals surface area contributed by atoms with Crippen molar-refractivity contribution in [3.8, 4) is 5.75 Å². The molecule has 0 aliphatic heterocycles. The van der Waals surface area contributed by atoms with Crippen LogP contribution in [0.4, 0.5) is 11.4 Å². The second kappa shape index (κ2) is 15.0. The van der Waals surface area contributed by atoms with E-state index in [4.69, 9.17) is 4.74 Å². The lowest BCUT2D eigenvalue weighted by Gasteiger charge is -2.31. The van der Waals surface area contributed by atoms with Gasteiger partial charge in [-0.25, -0.2) is 0 Å². The molecule has 4 aromatic carbocycles. The van der Waals surface area contributed by atoms with Crippen molar-refractivity contribution in [3.63, 3.8) is 0 Å². The predicted molar refractivity (Wildman–Crippen MR) is 181 cm³/mol. The van der Waals surface area contributed by atoms with Crippen molar-refractivity contribution in [1.29, 1.82) is 0 Å². The van der Waals surface area contributed by atoms with E-state index in [0.717, 1.165) is 27.2 Å².